The molecule has 4 aromatic rings. The number of piperazine rings is 1. The molecule has 1 saturated heterocycles. The highest BCUT2D eigenvalue weighted by Gasteiger charge is 2.23. The van der Waals surface area contributed by atoms with Gasteiger partial charge in [-0.05, 0) is 16.7 Å². The number of fused-ring (bicyclic) bond motifs is 1. The second-order valence-electron chi connectivity index (χ2n) is 8.17. The van der Waals surface area contributed by atoms with Crippen LogP contribution >= 0.6 is 0 Å². The molecule has 5 rings (SSSR count). The van der Waals surface area contributed by atoms with Crippen LogP contribution in [0.1, 0.15) is 5.56 Å². The van der Waals surface area contributed by atoms with E-state index in [1.54, 1.807) is 4.31 Å². The average molecular weight is 448 g/mol. The lowest BCUT2D eigenvalue weighted by Crippen LogP contribution is -2.47. The first-order valence-electron chi connectivity index (χ1n) is 10.6. The lowest BCUT2D eigenvalue weighted by molar-refractivity contribution is 0.182. The maximum Gasteiger partial charge on any atom is 0.211 e. The maximum atomic E-state index is 11.7. The first kappa shape index (κ1) is 20.8. The number of hydrogen-bond donors (Lipinski definition) is 0. The predicted octanol–water partition coefficient (Wildman–Crippen LogP) is 3.14. The van der Waals surface area contributed by atoms with Crippen LogP contribution in [0, 0.1) is 0 Å². The van der Waals surface area contributed by atoms with E-state index in [0.29, 0.717) is 13.1 Å². The van der Waals surface area contributed by atoms with Gasteiger partial charge in [-0.25, -0.2) is 17.9 Å². The molecular weight excluding hydrogens is 422 g/mol. The highest BCUT2D eigenvalue weighted by Crippen LogP contribution is 2.25. The molecule has 0 saturated carbocycles. The van der Waals surface area contributed by atoms with Crippen molar-refractivity contribution in [3.8, 4) is 22.3 Å². The Morgan fingerprint density at radius 2 is 1.56 bits per heavy atom. The fourth-order valence-electron chi connectivity index (χ4n) is 4.13. The summed E-state index contributed by atoms with van der Waals surface area (Å²) < 4.78 is 26.7. The van der Waals surface area contributed by atoms with Gasteiger partial charge in [0, 0.05) is 56.2 Å². The molecule has 1 fully saturated rings. The first-order valence-corrected chi connectivity index (χ1v) is 12.5. The van der Waals surface area contributed by atoms with E-state index in [1.165, 1.54) is 11.8 Å². The minimum atomic E-state index is -3.09. The summed E-state index contributed by atoms with van der Waals surface area (Å²) in [6.07, 6.45) is 7.03. The zero-order chi connectivity index (χ0) is 22.1. The third-order valence-electron chi connectivity index (χ3n) is 5.93. The summed E-state index contributed by atoms with van der Waals surface area (Å²) in [7, 11) is -3.09. The van der Waals surface area contributed by atoms with Gasteiger partial charge >= 0.3 is 0 Å². The van der Waals surface area contributed by atoms with Gasteiger partial charge in [0.05, 0.1) is 12.5 Å². The molecule has 1 aliphatic heterocycles. The van der Waals surface area contributed by atoms with Gasteiger partial charge in [0.2, 0.25) is 10.0 Å². The van der Waals surface area contributed by atoms with Crippen molar-refractivity contribution in [1.82, 2.24) is 23.8 Å². The van der Waals surface area contributed by atoms with Crippen molar-refractivity contribution in [2.45, 2.75) is 6.54 Å². The number of aromatic nitrogens is 3. The lowest BCUT2D eigenvalue weighted by Gasteiger charge is -2.33. The van der Waals surface area contributed by atoms with E-state index in [4.69, 9.17) is 0 Å². The second kappa shape index (κ2) is 8.46. The van der Waals surface area contributed by atoms with Gasteiger partial charge in [0.1, 0.15) is 0 Å². The van der Waals surface area contributed by atoms with Crippen LogP contribution in [0.2, 0.25) is 0 Å². The van der Waals surface area contributed by atoms with Gasteiger partial charge in [-0.1, -0.05) is 54.6 Å². The van der Waals surface area contributed by atoms with Crippen molar-refractivity contribution < 1.29 is 8.42 Å². The van der Waals surface area contributed by atoms with E-state index in [0.717, 1.165) is 47.5 Å². The average Bonchev–Trinajstić information content (AvgIpc) is 3.23. The van der Waals surface area contributed by atoms with E-state index in [-0.39, 0.29) is 0 Å². The van der Waals surface area contributed by atoms with Gasteiger partial charge in [-0.3, -0.25) is 4.90 Å². The molecule has 0 aliphatic carbocycles. The van der Waals surface area contributed by atoms with Crippen molar-refractivity contribution >= 4 is 15.7 Å². The van der Waals surface area contributed by atoms with Crippen LogP contribution in [0.4, 0.5) is 0 Å². The van der Waals surface area contributed by atoms with Crippen LogP contribution in [0.3, 0.4) is 0 Å². The fraction of sp³-hybridized carbons (Fsp3) is 0.250. The number of sulfonamides is 1. The summed E-state index contributed by atoms with van der Waals surface area (Å²) in [4.78, 5) is 6.97. The lowest BCUT2D eigenvalue weighted by atomic mass is 10.1. The molecule has 0 radical (unpaired) electrons. The highest BCUT2D eigenvalue weighted by molar-refractivity contribution is 7.88. The Balaban J connectivity index is 1.29. The SMILES string of the molecule is CS(=O)(=O)N1CCN(Cc2ccc(-c3cnc4c(-c5ccccc5)cnn4c3)cc2)CC1. The Bertz CT molecular complexity index is 1330. The van der Waals surface area contributed by atoms with Gasteiger partial charge in [0.15, 0.2) is 5.65 Å². The van der Waals surface area contributed by atoms with E-state index < -0.39 is 10.0 Å². The summed E-state index contributed by atoms with van der Waals surface area (Å²) in [5.41, 5.74) is 6.26. The van der Waals surface area contributed by atoms with Gasteiger partial charge in [0.25, 0.3) is 0 Å². The Hall–Kier alpha value is -3.07. The molecule has 2 aromatic carbocycles. The van der Waals surface area contributed by atoms with Gasteiger partial charge in [-0.15, -0.1) is 0 Å². The van der Waals surface area contributed by atoms with Gasteiger partial charge < -0.3 is 0 Å². The third-order valence-corrected chi connectivity index (χ3v) is 7.24. The molecule has 32 heavy (non-hydrogen) atoms. The highest BCUT2D eigenvalue weighted by atomic mass is 32.2. The largest absolute Gasteiger partial charge is 0.296 e. The maximum absolute atomic E-state index is 11.7. The van der Waals surface area contributed by atoms with E-state index in [1.807, 2.05) is 41.3 Å². The van der Waals surface area contributed by atoms with Crippen molar-refractivity contribution in [2.75, 3.05) is 32.4 Å². The van der Waals surface area contributed by atoms with E-state index in [2.05, 4.69) is 51.4 Å². The summed E-state index contributed by atoms with van der Waals surface area (Å²) >= 11 is 0. The van der Waals surface area contributed by atoms with Crippen molar-refractivity contribution in [2.24, 2.45) is 0 Å². The van der Waals surface area contributed by atoms with E-state index in [9.17, 15) is 8.42 Å². The molecule has 2 aromatic heterocycles. The molecule has 0 atom stereocenters. The smallest absolute Gasteiger partial charge is 0.211 e. The first-order chi connectivity index (χ1) is 15.5. The van der Waals surface area contributed by atoms with Crippen LogP contribution in [0.5, 0.6) is 0 Å². The molecule has 0 amide bonds. The normalized spacial score (nSPS) is 15.9. The standard InChI is InChI=1S/C24H25N5O2S/c1-32(30,31)28-13-11-27(12-14-28)17-19-7-9-20(10-8-19)22-15-25-24-23(16-26-29(24)18-22)21-5-3-2-4-6-21/h2-10,15-16,18H,11-14,17H2,1H3. The van der Waals surface area contributed by atoms with Crippen LogP contribution in [0.15, 0.2) is 73.2 Å². The number of hydrogen-bond acceptors (Lipinski definition) is 5. The van der Waals surface area contributed by atoms with Gasteiger partial charge in [-0.2, -0.15) is 9.40 Å². The van der Waals surface area contributed by atoms with Crippen LogP contribution in [-0.2, 0) is 16.6 Å². The fourth-order valence-corrected chi connectivity index (χ4v) is 4.95. The molecule has 8 heteroatoms. The third kappa shape index (κ3) is 4.29. The zero-order valence-corrected chi connectivity index (χ0v) is 18.7. The van der Waals surface area contributed by atoms with Crippen LogP contribution in [0.25, 0.3) is 27.9 Å². The quantitative estimate of drug-likeness (QED) is 0.470. The van der Waals surface area contributed by atoms with E-state index >= 15 is 0 Å². The summed E-state index contributed by atoms with van der Waals surface area (Å²) in [6.45, 7) is 3.42. The van der Waals surface area contributed by atoms with Crippen molar-refractivity contribution in [3.05, 3.63) is 78.8 Å². The summed E-state index contributed by atoms with van der Waals surface area (Å²) in [5.74, 6) is 0. The molecule has 0 N–H and O–H groups in total. The minimum absolute atomic E-state index is 0.553. The Labute approximate surface area is 188 Å². The van der Waals surface area contributed by atoms with Crippen molar-refractivity contribution in [1.29, 1.82) is 0 Å². The van der Waals surface area contributed by atoms with Crippen molar-refractivity contribution in [3.63, 3.8) is 0 Å². The number of benzene rings is 2. The van der Waals surface area contributed by atoms with Crippen LogP contribution < -0.4 is 0 Å². The second-order valence-corrected chi connectivity index (χ2v) is 10.2. The molecule has 3 heterocycles. The molecular formula is C24H25N5O2S. The van der Waals surface area contributed by atoms with Crippen LogP contribution in [-0.4, -0.2) is 64.7 Å². The zero-order valence-electron chi connectivity index (χ0n) is 17.9. The number of rotatable bonds is 5. The minimum Gasteiger partial charge on any atom is -0.296 e. The monoisotopic (exact) mass is 447 g/mol. The number of nitrogens with zero attached hydrogens (tertiary/aromatic N) is 5. The Morgan fingerprint density at radius 3 is 2.25 bits per heavy atom. The Kier molecular flexibility index (Phi) is 5.50. The topological polar surface area (TPSA) is 70.8 Å². The molecule has 164 valence electrons. The molecule has 0 bridgehead atoms. The summed E-state index contributed by atoms with van der Waals surface area (Å²) in [6, 6.07) is 18.6. The molecule has 1 aliphatic rings. The Morgan fingerprint density at radius 1 is 0.844 bits per heavy atom. The molecule has 7 nitrogen and oxygen atoms in total. The molecule has 0 unspecified atom stereocenters. The summed E-state index contributed by atoms with van der Waals surface area (Å²) in [5, 5.41) is 4.50. The molecule has 0 spiro atoms. The predicted molar refractivity (Wildman–Crippen MR) is 126 cm³/mol.